The Morgan fingerprint density at radius 2 is 2.00 bits per heavy atom. The molecule has 1 aromatic heterocycles. The summed E-state index contributed by atoms with van der Waals surface area (Å²) in [5, 5.41) is 7.36. The number of amides is 1. The second-order valence-electron chi connectivity index (χ2n) is 5.77. The van der Waals surface area contributed by atoms with Crippen LogP contribution in [0.25, 0.3) is 5.69 Å². The summed E-state index contributed by atoms with van der Waals surface area (Å²) in [6.45, 7) is 6.21. The molecule has 23 heavy (non-hydrogen) atoms. The van der Waals surface area contributed by atoms with Crippen LogP contribution < -0.4 is 5.32 Å². The third-order valence-corrected chi connectivity index (χ3v) is 3.86. The van der Waals surface area contributed by atoms with Gasteiger partial charge in [0, 0.05) is 31.9 Å². The van der Waals surface area contributed by atoms with Gasteiger partial charge in [0.15, 0.2) is 5.69 Å². The Morgan fingerprint density at radius 1 is 1.26 bits per heavy atom. The van der Waals surface area contributed by atoms with Crippen molar-refractivity contribution in [3.05, 3.63) is 48.3 Å². The van der Waals surface area contributed by atoms with Crippen molar-refractivity contribution < 1.29 is 9.53 Å². The number of ether oxygens (including phenoxy) is 1. The molecule has 0 radical (unpaired) electrons. The summed E-state index contributed by atoms with van der Waals surface area (Å²) in [5.74, 6) is -0.138. The van der Waals surface area contributed by atoms with Gasteiger partial charge in [0.25, 0.3) is 5.91 Å². The van der Waals surface area contributed by atoms with Crippen LogP contribution in [0.3, 0.4) is 0 Å². The highest BCUT2D eigenvalue weighted by molar-refractivity contribution is 5.92. The van der Waals surface area contributed by atoms with Crippen molar-refractivity contribution in [1.29, 1.82) is 0 Å². The van der Waals surface area contributed by atoms with Gasteiger partial charge in [-0.2, -0.15) is 5.10 Å². The Labute approximate surface area is 136 Å². The molecule has 0 aliphatic carbocycles. The standard InChI is InChI=1S/C17H22N4O2/c1-14(13-20-9-11-23-12-10-20)18-17(22)16-7-8-21(19-16)15-5-3-2-4-6-15/h2-8,14H,9-13H2,1H3,(H,18,22). The van der Waals surface area contributed by atoms with Crippen LogP contribution >= 0.6 is 0 Å². The lowest BCUT2D eigenvalue weighted by Crippen LogP contribution is -2.46. The fourth-order valence-corrected chi connectivity index (χ4v) is 2.68. The zero-order valence-electron chi connectivity index (χ0n) is 13.3. The minimum absolute atomic E-state index is 0.0717. The zero-order chi connectivity index (χ0) is 16.1. The Morgan fingerprint density at radius 3 is 2.74 bits per heavy atom. The van der Waals surface area contributed by atoms with Crippen LogP contribution in [0.2, 0.25) is 0 Å². The SMILES string of the molecule is CC(CN1CCOCC1)NC(=O)c1ccn(-c2ccccc2)n1. The van der Waals surface area contributed by atoms with E-state index in [1.165, 1.54) is 0 Å². The van der Waals surface area contributed by atoms with Gasteiger partial charge in [0.2, 0.25) is 0 Å². The van der Waals surface area contributed by atoms with E-state index in [4.69, 9.17) is 4.74 Å². The fourth-order valence-electron chi connectivity index (χ4n) is 2.68. The Hall–Kier alpha value is -2.18. The summed E-state index contributed by atoms with van der Waals surface area (Å²) >= 11 is 0. The van der Waals surface area contributed by atoms with Crippen LogP contribution in [0.15, 0.2) is 42.6 Å². The number of nitrogens with zero attached hydrogens (tertiary/aromatic N) is 3. The van der Waals surface area contributed by atoms with Gasteiger partial charge in [-0.1, -0.05) is 18.2 Å². The zero-order valence-corrected chi connectivity index (χ0v) is 13.3. The first kappa shape index (κ1) is 15.7. The molecule has 1 fully saturated rings. The summed E-state index contributed by atoms with van der Waals surface area (Å²) in [6, 6.07) is 11.6. The molecule has 6 heteroatoms. The molecule has 6 nitrogen and oxygen atoms in total. The number of para-hydroxylation sites is 1. The van der Waals surface area contributed by atoms with Crippen LogP contribution in [0.4, 0.5) is 0 Å². The third-order valence-electron chi connectivity index (χ3n) is 3.86. The Bertz CT molecular complexity index is 635. The molecule has 0 bridgehead atoms. The van der Waals surface area contributed by atoms with Crippen LogP contribution in [-0.2, 0) is 4.74 Å². The van der Waals surface area contributed by atoms with E-state index in [2.05, 4.69) is 15.3 Å². The summed E-state index contributed by atoms with van der Waals surface area (Å²) in [4.78, 5) is 14.6. The van der Waals surface area contributed by atoms with Crippen LogP contribution in [0.5, 0.6) is 0 Å². The first-order valence-corrected chi connectivity index (χ1v) is 7.94. The highest BCUT2D eigenvalue weighted by atomic mass is 16.5. The number of aromatic nitrogens is 2. The predicted molar refractivity (Wildman–Crippen MR) is 87.8 cm³/mol. The van der Waals surface area contributed by atoms with Crippen molar-refractivity contribution in [1.82, 2.24) is 20.0 Å². The summed E-state index contributed by atoms with van der Waals surface area (Å²) < 4.78 is 7.04. The largest absolute Gasteiger partial charge is 0.379 e. The van der Waals surface area contributed by atoms with Crippen molar-refractivity contribution in [2.75, 3.05) is 32.8 Å². The van der Waals surface area contributed by atoms with E-state index < -0.39 is 0 Å². The second kappa shape index (κ2) is 7.39. The molecule has 3 rings (SSSR count). The lowest BCUT2D eigenvalue weighted by atomic mass is 10.2. The first-order valence-electron chi connectivity index (χ1n) is 7.94. The third kappa shape index (κ3) is 4.18. The van der Waals surface area contributed by atoms with Crippen molar-refractivity contribution >= 4 is 5.91 Å². The molecule has 1 unspecified atom stereocenters. The maximum Gasteiger partial charge on any atom is 0.272 e. The van der Waals surface area contributed by atoms with Crippen molar-refractivity contribution in [3.63, 3.8) is 0 Å². The summed E-state index contributed by atoms with van der Waals surface area (Å²) in [7, 11) is 0. The van der Waals surface area contributed by atoms with Crippen molar-refractivity contribution in [2.45, 2.75) is 13.0 Å². The van der Waals surface area contributed by atoms with Gasteiger partial charge in [0.1, 0.15) is 0 Å². The normalized spacial score (nSPS) is 16.9. The predicted octanol–water partition coefficient (Wildman–Crippen LogP) is 1.32. The summed E-state index contributed by atoms with van der Waals surface area (Å²) in [5.41, 5.74) is 1.37. The number of morpholine rings is 1. The van der Waals surface area contributed by atoms with Gasteiger partial charge in [-0.3, -0.25) is 9.69 Å². The average molecular weight is 314 g/mol. The molecule has 1 aliphatic rings. The molecular weight excluding hydrogens is 292 g/mol. The molecule has 1 amide bonds. The number of carbonyl (C=O) groups is 1. The van der Waals surface area contributed by atoms with E-state index in [9.17, 15) is 4.79 Å². The van der Waals surface area contributed by atoms with Crippen molar-refractivity contribution in [3.8, 4) is 5.69 Å². The number of rotatable bonds is 5. The number of nitrogens with one attached hydrogen (secondary N) is 1. The second-order valence-corrected chi connectivity index (χ2v) is 5.77. The molecule has 1 aromatic carbocycles. The lowest BCUT2D eigenvalue weighted by molar-refractivity contribution is 0.0342. The van der Waals surface area contributed by atoms with Gasteiger partial charge in [0.05, 0.1) is 18.9 Å². The van der Waals surface area contributed by atoms with Gasteiger partial charge >= 0.3 is 0 Å². The van der Waals surface area contributed by atoms with E-state index >= 15 is 0 Å². The number of benzene rings is 1. The topological polar surface area (TPSA) is 59.4 Å². The van der Waals surface area contributed by atoms with E-state index in [-0.39, 0.29) is 11.9 Å². The molecule has 1 N–H and O–H groups in total. The van der Waals surface area contributed by atoms with Gasteiger partial charge < -0.3 is 10.1 Å². The number of hydrogen-bond acceptors (Lipinski definition) is 4. The Kier molecular flexibility index (Phi) is 5.05. The molecule has 1 atom stereocenters. The average Bonchev–Trinajstić information content (AvgIpc) is 3.06. The van der Waals surface area contributed by atoms with Crippen molar-refractivity contribution in [2.24, 2.45) is 0 Å². The maximum atomic E-state index is 12.3. The quantitative estimate of drug-likeness (QED) is 0.904. The van der Waals surface area contributed by atoms with Gasteiger partial charge in [-0.15, -0.1) is 0 Å². The molecule has 122 valence electrons. The number of hydrogen-bond donors (Lipinski definition) is 1. The minimum atomic E-state index is -0.138. The smallest absolute Gasteiger partial charge is 0.272 e. The number of carbonyl (C=O) groups excluding carboxylic acids is 1. The molecule has 0 spiro atoms. The molecule has 0 saturated carbocycles. The van der Waals surface area contributed by atoms with E-state index in [1.807, 2.05) is 37.3 Å². The van der Waals surface area contributed by atoms with E-state index in [0.29, 0.717) is 5.69 Å². The fraction of sp³-hybridized carbons (Fsp3) is 0.412. The molecule has 1 saturated heterocycles. The molecule has 2 aromatic rings. The summed E-state index contributed by atoms with van der Waals surface area (Å²) in [6.07, 6.45) is 1.80. The lowest BCUT2D eigenvalue weighted by Gasteiger charge is -2.29. The van der Waals surface area contributed by atoms with Crippen LogP contribution in [-0.4, -0.2) is 59.5 Å². The van der Waals surface area contributed by atoms with Gasteiger partial charge in [-0.05, 0) is 25.1 Å². The molecular formula is C17H22N4O2. The molecule has 2 heterocycles. The van der Waals surface area contributed by atoms with Crippen LogP contribution in [0, 0.1) is 0 Å². The first-order chi connectivity index (χ1) is 11.2. The minimum Gasteiger partial charge on any atom is -0.379 e. The highest BCUT2D eigenvalue weighted by Gasteiger charge is 2.17. The van der Waals surface area contributed by atoms with E-state index in [1.54, 1.807) is 16.9 Å². The molecule has 1 aliphatic heterocycles. The Balaban J connectivity index is 1.56. The monoisotopic (exact) mass is 314 g/mol. The van der Waals surface area contributed by atoms with Crippen LogP contribution in [0.1, 0.15) is 17.4 Å². The highest BCUT2D eigenvalue weighted by Crippen LogP contribution is 2.07. The van der Waals surface area contributed by atoms with E-state index in [0.717, 1.165) is 38.5 Å². The maximum absolute atomic E-state index is 12.3. The van der Waals surface area contributed by atoms with Gasteiger partial charge in [-0.25, -0.2) is 4.68 Å².